The number of hydrogen-bond acceptors (Lipinski definition) is 5. The molecule has 0 aliphatic carbocycles. The standard InChI is InChI=1S/C29H26N4O4/c1-29(28(35)30-18-20-8-4-2-5-9-20)19-32-24(17-23(31-32)21-10-6-3-7-11-21)27(34)33(29)22-12-13-25-26(16-22)37-15-14-36-25/h2-13,16-17H,14-15,18-19H2,1H3,(H,30,35)/t29-/m1/s1. The summed E-state index contributed by atoms with van der Waals surface area (Å²) < 4.78 is 13.1. The Morgan fingerprint density at radius 1 is 0.946 bits per heavy atom. The van der Waals surface area contributed by atoms with Gasteiger partial charge in [-0.2, -0.15) is 5.10 Å². The van der Waals surface area contributed by atoms with Gasteiger partial charge < -0.3 is 14.8 Å². The highest BCUT2D eigenvalue weighted by molar-refractivity contribution is 6.12. The average molecular weight is 495 g/mol. The summed E-state index contributed by atoms with van der Waals surface area (Å²) in [7, 11) is 0. The van der Waals surface area contributed by atoms with Gasteiger partial charge >= 0.3 is 0 Å². The van der Waals surface area contributed by atoms with Gasteiger partial charge in [-0.1, -0.05) is 60.7 Å². The van der Waals surface area contributed by atoms with Crippen molar-refractivity contribution in [2.24, 2.45) is 0 Å². The lowest BCUT2D eigenvalue weighted by Gasteiger charge is -2.43. The second-order valence-electron chi connectivity index (χ2n) is 9.35. The van der Waals surface area contributed by atoms with Crippen molar-refractivity contribution in [2.45, 2.75) is 25.6 Å². The third-order valence-electron chi connectivity index (χ3n) is 6.79. The highest BCUT2D eigenvalue weighted by atomic mass is 16.6. The molecular weight excluding hydrogens is 468 g/mol. The maximum absolute atomic E-state index is 14.0. The molecule has 8 nitrogen and oxygen atoms in total. The molecule has 0 unspecified atom stereocenters. The van der Waals surface area contributed by atoms with Crippen molar-refractivity contribution in [1.29, 1.82) is 0 Å². The number of carbonyl (C=O) groups excluding carboxylic acids is 2. The lowest BCUT2D eigenvalue weighted by molar-refractivity contribution is -0.126. The van der Waals surface area contributed by atoms with Crippen LogP contribution in [0.1, 0.15) is 23.0 Å². The number of ether oxygens (including phenoxy) is 2. The number of aromatic nitrogens is 2. The maximum Gasteiger partial charge on any atom is 0.277 e. The van der Waals surface area contributed by atoms with Gasteiger partial charge in [0.1, 0.15) is 24.4 Å². The Balaban J connectivity index is 1.41. The lowest BCUT2D eigenvalue weighted by atomic mass is 9.93. The van der Waals surface area contributed by atoms with E-state index in [-0.39, 0.29) is 18.4 Å². The van der Waals surface area contributed by atoms with E-state index in [0.29, 0.717) is 48.3 Å². The second kappa shape index (κ2) is 9.13. The second-order valence-corrected chi connectivity index (χ2v) is 9.35. The largest absolute Gasteiger partial charge is 0.486 e. The molecule has 1 atom stereocenters. The van der Waals surface area contributed by atoms with Crippen LogP contribution in [0.3, 0.4) is 0 Å². The topological polar surface area (TPSA) is 85.7 Å². The monoisotopic (exact) mass is 494 g/mol. The first kappa shape index (κ1) is 22.8. The zero-order valence-corrected chi connectivity index (χ0v) is 20.4. The Morgan fingerprint density at radius 3 is 2.41 bits per heavy atom. The first-order valence-corrected chi connectivity index (χ1v) is 12.2. The van der Waals surface area contributed by atoms with Crippen molar-refractivity contribution in [2.75, 3.05) is 18.1 Å². The molecule has 37 heavy (non-hydrogen) atoms. The van der Waals surface area contributed by atoms with Crippen molar-refractivity contribution in [3.63, 3.8) is 0 Å². The summed E-state index contributed by atoms with van der Waals surface area (Å²) in [5, 5.41) is 7.74. The molecule has 3 aromatic carbocycles. The summed E-state index contributed by atoms with van der Waals surface area (Å²) in [6.45, 7) is 3.20. The number of anilines is 1. The molecule has 8 heteroatoms. The Morgan fingerprint density at radius 2 is 1.65 bits per heavy atom. The Kier molecular flexibility index (Phi) is 5.64. The average Bonchev–Trinajstić information content (AvgIpc) is 3.37. The highest BCUT2D eigenvalue weighted by Crippen LogP contribution is 2.39. The molecule has 0 radical (unpaired) electrons. The third kappa shape index (κ3) is 4.10. The minimum Gasteiger partial charge on any atom is -0.486 e. The van der Waals surface area contributed by atoms with E-state index in [4.69, 9.17) is 14.6 Å². The van der Waals surface area contributed by atoms with E-state index in [2.05, 4.69) is 5.32 Å². The molecule has 0 saturated carbocycles. The molecule has 2 amide bonds. The van der Waals surface area contributed by atoms with Gasteiger partial charge in [0.25, 0.3) is 5.91 Å². The Labute approximate surface area is 214 Å². The number of fused-ring (bicyclic) bond motifs is 2. The molecular formula is C29H26N4O4. The van der Waals surface area contributed by atoms with Crippen LogP contribution in [0.4, 0.5) is 5.69 Å². The van der Waals surface area contributed by atoms with E-state index in [9.17, 15) is 9.59 Å². The smallest absolute Gasteiger partial charge is 0.277 e. The first-order valence-electron chi connectivity index (χ1n) is 12.2. The van der Waals surface area contributed by atoms with Crippen molar-refractivity contribution in [1.82, 2.24) is 15.1 Å². The molecule has 2 aliphatic heterocycles. The van der Waals surface area contributed by atoms with Crippen LogP contribution < -0.4 is 19.7 Å². The van der Waals surface area contributed by atoms with Crippen molar-refractivity contribution >= 4 is 17.5 Å². The van der Waals surface area contributed by atoms with Gasteiger partial charge in [-0.25, -0.2) is 0 Å². The molecule has 186 valence electrons. The number of benzene rings is 3. The molecule has 1 N–H and O–H groups in total. The van der Waals surface area contributed by atoms with Crippen LogP contribution >= 0.6 is 0 Å². The van der Waals surface area contributed by atoms with Gasteiger partial charge in [-0.3, -0.25) is 19.2 Å². The Hall–Kier alpha value is -4.59. The van der Waals surface area contributed by atoms with Gasteiger partial charge in [-0.15, -0.1) is 0 Å². The zero-order valence-electron chi connectivity index (χ0n) is 20.4. The minimum atomic E-state index is -1.25. The SMILES string of the molecule is C[C@]1(C(=O)NCc2ccccc2)Cn2nc(-c3ccccc3)cc2C(=O)N1c1ccc2c(c1)OCCO2. The molecule has 0 saturated heterocycles. The van der Waals surface area contributed by atoms with Crippen molar-refractivity contribution in [3.8, 4) is 22.8 Å². The lowest BCUT2D eigenvalue weighted by Crippen LogP contribution is -2.64. The van der Waals surface area contributed by atoms with Crippen LogP contribution in [0, 0.1) is 0 Å². The van der Waals surface area contributed by atoms with Crippen LogP contribution in [-0.2, 0) is 17.9 Å². The zero-order chi connectivity index (χ0) is 25.4. The molecule has 2 aliphatic rings. The van der Waals surface area contributed by atoms with Crippen molar-refractivity contribution < 1.29 is 19.1 Å². The number of amides is 2. The predicted molar refractivity (Wildman–Crippen MR) is 139 cm³/mol. The number of nitrogens with one attached hydrogen (secondary N) is 1. The predicted octanol–water partition coefficient (Wildman–Crippen LogP) is 4.06. The summed E-state index contributed by atoms with van der Waals surface area (Å²) in [5.41, 5.74) is 2.28. The fourth-order valence-corrected chi connectivity index (χ4v) is 4.88. The van der Waals surface area contributed by atoms with Crippen LogP contribution in [0.25, 0.3) is 11.3 Å². The summed E-state index contributed by atoms with van der Waals surface area (Å²) >= 11 is 0. The van der Waals surface area contributed by atoms with E-state index >= 15 is 0 Å². The summed E-state index contributed by atoms with van der Waals surface area (Å²) in [6.07, 6.45) is 0. The molecule has 0 spiro atoms. The molecule has 1 aromatic heterocycles. The van der Waals surface area contributed by atoms with E-state index in [1.54, 1.807) is 40.8 Å². The molecule has 0 fully saturated rings. The van der Waals surface area contributed by atoms with E-state index in [1.165, 1.54) is 0 Å². The maximum atomic E-state index is 14.0. The molecule has 4 aromatic rings. The van der Waals surface area contributed by atoms with Crippen LogP contribution in [-0.4, -0.2) is 40.3 Å². The summed E-state index contributed by atoms with van der Waals surface area (Å²) in [4.78, 5) is 29.4. The normalized spacial score (nSPS) is 18.3. The number of nitrogens with zero attached hydrogens (tertiary/aromatic N) is 3. The fourth-order valence-electron chi connectivity index (χ4n) is 4.88. The first-order chi connectivity index (χ1) is 18.0. The van der Waals surface area contributed by atoms with Gasteiger partial charge in [0.15, 0.2) is 11.5 Å². The summed E-state index contributed by atoms with van der Waals surface area (Å²) in [5.74, 6) is 0.579. The quantitative estimate of drug-likeness (QED) is 0.452. The van der Waals surface area contributed by atoms with E-state index < -0.39 is 5.54 Å². The van der Waals surface area contributed by atoms with Gasteiger partial charge in [0.05, 0.1) is 12.2 Å². The number of carbonyl (C=O) groups is 2. The molecule has 0 bridgehead atoms. The van der Waals surface area contributed by atoms with E-state index in [1.807, 2.05) is 60.7 Å². The summed E-state index contributed by atoms with van der Waals surface area (Å²) in [6, 6.07) is 26.5. The highest BCUT2D eigenvalue weighted by Gasteiger charge is 2.49. The van der Waals surface area contributed by atoms with Gasteiger partial charge in [-0.05, 0) is 30.7 Å². The number of hydrogen-bond donors (Lipinski definition) is 1. The van der Waals surface area contributed by atoms with E-state index in [0.717, 1.165) is 11.1 Å². The fraction of sp³-hybridized carbons (Fsp3) is 0.207. The van der Waals surface area contributed by atoms with Crippen LogP contribution in [0.15, 0.2) is 84.9 Å². The van der Waals surface area contributed by atoms with Crippen molar-refractivity contribution in [3.05, 3.63) is 96.2 Å². The number of rotatable bonds is 5. The third-order valence-corrected chi connectivity index (χ3v) is 6.79. The van der Waals surface area contributed by atoms with Gasteiger partial charge in [0, 0.05) is 23.9 Å². The van der Waals surface area contributed by atoms with Gasteiger partial charge in [0.2, 0.25) is 5.91 Å². The molecule has 6 rings (SSSR count). The minimum absolute atomic E-state index is 0.190. The Bertz CT molecular complexity index is 1470. The van der Waals surface area contributed by atoms with Crippen LogP contribution in [0.5, 0.6) is 11.5 Å². The molecule has 3 heterocycles. The van der Waals surface area contributed by atoms with Crippen LogP contribution in [0.2, 0.25) is 0 Å².